The van der Waals surface area contributed by atoms with Crippen LogP contribution in [0.2, 0.25) is 0 Å². The number of thiophene rings is 1. The Kier molecular flexibility index (Phi) is 6.38. The van der Waals surface area contributed by atoms with E-state index in [1.54, 1.807) is 16.2 Å². The molecule has 1 N–H and O–H groups in total. The fourth-order valence-electron chi connectivity index (χ4n) is 5.39. The minimum absolute atomic E-state index is 0.0621. The van der Waals surface area contributed by atoms with Gasteiger partial charge in [0.25, 0.3) is 5.91 Å². The monoisotopic (exact) mass is 493 g/mol. The largest absolute Gasteiger partial charge is 0.491 e. The molecule has 3 aromatic rings. The Labute approximate surface area is 211 Å². The summed E-state index contributed by atoms with van der Waals surface area (Å²) in [5.41, 5.74) is 1.66. The number of hydrogen-bond donors (Lipinski definition) is 1. The van der Waals surface area contributed by atoms with Gasteiger partial charge in [-0.25, -0.2) is 0 Å². The van der Waals surface area contributed by atoms with Crippen molar-refractivity contribution in [2.45, 2.75) is 84.2 Å². The molecule has 0 unspecified atom stereocenters. The summed E-state index contributed by atoms with van der Waals surface area (Å²) in [7, 11) is 0. The molecule has 5 rings (SSSR count). The van der Waals surface area contributed by atoms with E-state index in [0.29, 0.717) is 24.7 Å². The lowest BCUT2D eigenvalue weighted by Crippen LogP contribution is -2.64. The smallest absolute Gasteiger partial charge is 0.271 e. The molecule has 35 heavy (non-hydrogen) atoms. The van der Waals surface area contributed by atoms with Crippen LogP contribution in [0.25, 0.3) is 10.2 Å². The fraction of sp³-hybridized carbons (Fsp3) is 0.500. The summed E-state index contributed by atoms with van der Waals surface area (Å²) < 4.78 is 8.89. The molecule has 1 aromatic carbocycles. The van der Waals surface area contributed by atoms with Gasteiger partial charge in [0, 0.05) is 12.6 Å². The Morgan fingerprint density at radius 1 is 1.17 bits per heavy atom. The standard InChI is InChI=1S/C28H35N3O3S/c1-18(2)34-22-11-7-20(8-12-22)16-31-26(32)24-15-25-23(13-14-35-25)30(24)17-28(31,4)27(33)29-21-9-5-19(3)6-10-21/h7-8,11-15,18-19,21H,5-6,9-10,16-17H2,1-4H3,(H,29,33)/t19?,21?,28-/m0/s1. The van der Waals surface area contributed by atoms with Crippen molar-refractivity contribution in [1.29, 1.82) is 0 Å². The lowest BCUT2D eigenvalue weighted by Gasteiger charge is -2.45. The van der Waals surface area contributed by atoms with Crippen molar-refractivity contribution in [2.75, 3.05) is 0 Å². The first-order chi connectivity index (χ1) is 16.7. The summed E-state index contributed by atoms with van der Waals surface area (Å²) in [5, 5.41) is 5.36. The van der Waals surface area contributed by atoms with E-state index < -0.39 is 5.54 Å². The molecular formula is C28H35N3O3S. The third-order valence-electron chi connectivity index (χ3n) is 7.52. The number of aromatic nitrogens is 1. The molecule has 0 saturated heterocycles. The topological polar surface area (TPSA) is 63.6 Å². The highest BCUT2D eigenvalue weighted by Gasteiger charge is 2.48. The summed E-state index contributed by atoms with van der Waals surface area (Å²) in [6.07, 6.45) is 4.36. The molecule has 7 heteroatoms. The van der Waals surface area contributed by atoms with Crippen molar-refractivity contribution in [3.63, 3.8) is 0 Å². The van der Waals surface area contributed by atoms with Crippen LogP contribution in [0, 0.1) is 5.92 Å². The van der Waals surface area contributed by atoms with Gasteiger partial charge in [-0.2, -0.15) is 0 Å². The maximum Gasteiger partial charge on any atom is 0.271 e. The van der Waals surface area contributed by atoms with E-state index in [1.165, 1.54) is 0 Å². The first kappa shape index (κ1) is 23.9. The van der Waals surface area contributed by atoms with Crippen molar-refractivity contribution < 1.29 is 14.3 Å². The Bertz CT molecular complexity index is 1220. The van der Waals surface area contributed by atoms with E-state index in [2.05, 4.69) is 12.2 Å². The van der Waals surface area contributed by atoms with Gasteiger partial charge in [-0.3, -0.25) is 9.59 Å². The van der Waals surface area contributed by atoms with Gasteiger partial charge in [-0.15, -0.1) is 11.3 Å². The summed E-state index contributed by atoms with van der Waals surface area (Å²) in [5.74, 6) is 1.35. The minimum atomic E-state index is -0.992. The normalized spacial score (nSPS) is 24.6. The molecule has 2 aromatic heterocycles. The summed E-state index contributed by atoms with van der Waals surface area (Å²) in [6.45, 7) is 9.00. The predicted molar refractivity (Wildman–Crippen MR) is 140 cm³/mol. The van der Waals surface area contributed by atoms with Gasteiger partial charge in [-0.05, 0) is 87.6 Å². The van der Waals surface area contributed by atoms with Crippen LogP contribution in [0.4, 0.5) is 0 Å². The van der Waals surface area contributed by atoms with Gasteiger partial charge < -0.3 is 19.5 Å². The molecule has 186 valence electrons. The number of amides is 2. The molecule has 1 saturated carbocycles. The molecule has 3 heterocycles. The maximum atomic E-state index is 13.9. The van der Waals surface area contributed by atoms with Crippen LogP contribution in [0.15, 0.2) is 41.8 Å². The quantitative estimate of drug-likeness (QED) is 0.486. The average molecular weight is 494 g/mol. The van der Waals surface area contributed by atoms with Crippen molar-refractivity contribution in [3.8, 4) is 5.75 Å². The van der Waals surface area contributed by atoms with Gasteiger partial charge in [0.05, 0.1) is 22.9 Å². The van der Waals surface area contributed by atoms with E-state index in [0.717, 1.165) is 47.2 Å². The second kappa shape index (κ2) is 9.34. The minimum Gasteiger partial charge on any atom is -0.491 e. The molecule has 1 fully saturated rings. The molecule has 1 atom stereocenters. The maximum absolute atomic E-state index is 13.9. The van der Waals surface area contributed by atoms with E-state index in [9.17, 15) is 9.59 Å². The highest BCUT2D eigenvalue weighted by molar-refractivity contribution is 7.17. The molecule has 6 nitrogen and oxygen atoms in total. The number of hydrogen-bond acceptors (Lipinski definition) is 4. The number of carbonyl (C=O) groups excluding carboxylic acids is 2. The lowest BCUT2D eigenvalue weighted by atomic mass is 9.86. The van der Waals surface area contributed by atoms with Gasteiger partial charge >= 0.3 is 0 Å². The molecule has 1 aliphatic heterocycles. The van der Waals surface area contributed by atoms with E-state index in [4.69, 9.17) is 4.74 Å². The van der Waals surface area contributed by atoms with Crippen LogP contribution in [0.5, 0.6) is 5.75 Å². The second-order valence-electron chi connectivity index (χ2n) is 10.7. The first-order valence-corrected chi connectivity index (χ1v) is 13.6. The third kappa shape index (κ3) is 4.58. The number of fused-ring (bicyclic) bond motifs is 3. The van der Waals surface area contributed by atoms with E-state index >= 15 is 0 Å². The zero-order valence-corrected chi connectivity index (χ0v) is 21.9. The molecule has 0 bridgehead atoms. The van der Waals surface area contributed by atoms with Crippen molar-refractivity contribution >= 4 is 33.4 Å². The zero-order valence-electron chi connectivity index (χ0n) is 21.0. The second-order valence-corrected chi connectivity index (χ2v) is 11.6. The molecule has 0 radical (unpaired) electrons. The van der Waals surface area contributed by atoms with Crippen molar-refractivity contribution in [2.24, 2.45) is 5.92 Å². The van der Waals surface area contributed by atoms with Gasteiger partial charge in [0.2, 0.25) is 5.91 Å². The zero-order chi connectivity index (χ0) is 24.7. The number of nitrogens with zero attached hydrogens (tertiary/aromatic N) is 2. The third-order valence-corrected chi connectivity index (χ3v) is 8.38. The van der Waals surface area contributed by atoms with Crippen LogP contribution >= 0.6 is 11.3 Å². The van der Waals surface area contributed by atoms with Crippen LogP contribution in [-0.4, -0.2) is 39.0 Å². The Morgan fingerprint density at radius 2 is 1.89 bits per heavy atom. The Balaban J connectivity index is 1.46. The summed E-state index contributed by atoms with van der Waals surface area (Å²) >= 11 is 1.63. The van der Waals surface area contributed by atoms with E-state index in [1.807, 2.05) is 67.1 Å². The van der Waals surface area contributed by atoms with Crippen LogP contribution in [0.3, 0.4) is 0 Å². The number of ether oxygens (including phenoxy) is 1. The van der Waals surface area contributed by atoms with Crippen LogP contribution in [-0.2, 0) is 17.9 Å². The fourth-order valence-corrected chi connectivity index (χ4v) is 6.22. The van der Waals surface area contributed by atoms with Gasteiger partial charge in [0.1, 0.15) is 17.0 Å². The van der Waals surface area contributed by atoms with Gasteiger partial charge in [0.15, 0.2) is 0 Å². The number of carbonyl (C=O) groups is 2. The summed E-state index contributed by atoms with van der Waals surface area (Å²) in [6, 6.07) is 12.0. The van der Waals surface area contributed by atoms with Crippen molar-refractivity contribution in [3.05, 3.63) is 53.0 Å². The molecule has 2 aliphatic rings. The molecule has 2 amide bonds. The highest BCUT2D eigenvalue weighted by Crippen LogP contribution is 2.36. The first-order valence-electron chi connectivity index (χ1n) is 12.7. The van der Waals surface area contributed by atoms with Crippen molar-refractivity contribution in [1.82, 2.24) is 14.8 Å². The van der Waals surface area contributed by atoms with Crippen LogP contribution < -0.4 is 10.1 Å². The average Bonchev–Trinajstić information content (AvgIpc) is 3.41. The summed E-state index contributed by atoms with van der Waals surface area (Å²) in [4.78, 5) is 29.5. The number of nitrogens with one attached hydrogen (secondary N) is 1. The van der Waals surface area contributed by atoms with E-state index in [-0.39, 0.29) is 24.0 Å². The Morgan fingerprint density at radius 3 is 2.57 bits per heavy atom. The molecule has 0 spiro atoms. The number of rotatable bonds is 6. The van der Waals surface area contributed by atoms with Gasteiger partial charge in [-0.1, -0.05) is 19.1 Å². The number of benzene rings is 1. The SMILES string of the molecule is CC1CCC(NC(=O)[C@]2(C)Cn3c(cc4sccc43)C(=O)N2Cc2ccc(OC(C)C)cc2)CC1. The van der Waals surface area contributed by atoms with Crippen LogP contribution in [0.1, 0.15) is 69.4 Å². The lowest BCUT2D eigenvalue weighted by molar-refractivity contribution is -0.134. The Hall–Kier alpha value is -2.80. The highest BCUT2D eigenvalue weighted by atomic mass is 32.1. The molecular weight excluding hydrogens is 458 g/mol. The molecule has 1 aliphatic carbocycles. The predicted octanol–water partition coefficient (Wildman–Crippen LogP) is 5.60.